The van der Waals surface area contributed by atoms with Gasteiger partial charge in [0.05, 0.1) is 6.61 Å². The smallest absolute Gasteiger partial charge is 0.266 e. The minimum absolute atomic E-state index is 0.0443. The number of halogens is 2. The van der Waals surface area contributed by atoms with Gasteiger partial charge in [-0.25, -0.2) is 19.2 Å². The molecule has 1 heterocycles. The highest BCUT2D eigenvalue weighted by molar-refractivity contribution is 6.00. The molecule has 0 fully saturated rings. The van der Waals surface area contributed by atoms with E-state index in [9.17, 15) is 13.6 Å². The van der Waals surface area contributed by atoms with Crippen LogP contribution in [0, 0.1) is 11.6 Å². The summed E-state index contributed by atoms with van der Waals surface area (Å²) in [6.45, 7) is 2.18. The second-order valence-corrected chi connectivity index (χ2v) is 9.11. The fourth-order valence-electron chi connectivity index (χ4n) is 4.12. The Hall–Kier alpha value is -4.08. The van der Waals surface area contributed by atoms with E-state index in [0.29, 0.717) is 30.2 Å². The van der Waals surface area contributed by atoms with Gasteiger partial charge in [0.2, 0.25) is 5.90 Å². The van der Waals surface area contributed by atoms with Crippen LogP contribution in [0.25, 0.3) is 6.08 Å². The molecule has 0 saturated carbocycles. The fraction of sp³-hybridized carbons (Fsp3) is 0.267. The highest BCUT2D eigenvalue weighted by Gasteiger charge is 2.49. The average Bonchev–Trinajstić information content (AvgIpc) is 3.28. The Morgan fingerprint density at radius 2 is 1.90 bits per heavy atom. The Morgan fingerprint density at radius 3 is 2.62 bits per heavy atom. The van der Waals surface area contributed by atoms with E-state index in [2.05, 4.69) is 10.9 Å². The highest BCUT2D eigenvalue weighted by atomic mass is 19.1. The van der Waals surface area contributed by atoms with Gasteiger partial charge in [-0.2, -0.15) is 0 Å². The summed E-state index contributed by atoms with van der Waals surface area (Å²) in [5.74, 6) is -0.871. The molecule has 39 heavy (non-hydrogen) atoms. The lowest BCUT2D eigenvalue weighted by atomic mass is 9.89. The van der Waals surface area contributed by atoms with Crippen molar-refractivity contribution in [3.8, 4) is 5.75 Å². The number of carbonyl (C=O) groups excluding carboxylic acids is 1. The molecule has 7 nitrogen and oxygen atoms in total. The first-order valence-electron chi connectivity index (χ1n) is 12.7. The molecule has 3 aromatic rings. The van der Waals surface area contributed by atoms with Gasteiger partial charge in [0.15, 0.2) is 5.54 Å². The zero-order chi connectivity index (χ0) is 27.7. The number of ether oxygens (including phenoxy) is 2. The van der Waals surface area contributed by atoms with E-state index >= 15 is 0 Å². The van der Waals surface area contributed by atoms with Crippen molar-refractivity contribution in [3.63, 3.8) is 0 Å². The van der Waals surface area contributed by atoms with Gasteiger partial charge in [-0.3, -0.25) is 10.2 Å². The van der Waals surface area contributed by atoms with Crippen molar-refractivity contribution in [2.45, 2.75) is 38.0 Å². The topological polar surface area (TPSA) is 92.2 Å². The summed E-state index contributed by atoms with van der Waals surface area (Å²) in [6.07, 6.45) is 3.95. The number of carbonyl (C=O) groups is 1. The van der Waals surface area contributed by atoms with Gasteiger partial charge in [-0.1, -0.05) is 48.6 Å². The number of aliphatic hydroxyl groups is 1. The molecule has 1 aliphatic heterocycles. The summed E-state index contributed by atoms with van der Waals surface area (Å²) in [5, 5.41) is 8.93. The lowest BCUT2D eigenvalue weighted by Gasteiger charge is -2.27. The van der Waals surface area contributed by atoms with E-state index in [4.69, 9.17) is 19.6 Å². The molecule has 204 valence electrons. The van der Waals surface area contributed by atoms with Crippen LogP contribution < -0.4 is 15.6 Å². The third-order valence-corrected chi connectivity index (χ3v) is 6.36. The summed E-state index contributed by atoms with van der Waals surface area (Å²) in [5.41, 5.74) is 5.93. The van der Waals surface area contributed by atoms with Crippen molar-refractivity contribution in [2.75, 3.05) is 13.2 Å². The molecule has 0 bridgehead atoms. The van der Waals surface area contributed by atoms with E-state index in [0.717, 1.165) is 17.7 Å². The highest BCUT2D eigenvalue weighted by Crippen LogP contribution is 2.33. The SMILES string of the molecule is C[C@@H]1OC(c2ccc(OCCCO)cc2)=N[C@]1(C/C=C/c1ccccc1)C(=O)NNCc1ccc(F)cc1F. The predicted molar refractivity (Wildman–Crippen MR) is 145 cm³/mol. The van der Waals surface area contributed by atoms with Gasteiger partial charge >= 0.3 is 0 Å². The quantitative estimate of drug-likeness (QED) is 0.234. The van der Waals surface area contributed by atoms with Crippen molar-refractivity contribution in [1.29, 1.82) is 0 Å². The third-order valence-electron chi connectivity index (χ3n) is 6.36. The van der Waals surface area contributed by atoms with Crippen LogP contribution in [0.1, 0.15) is 36.5 Å². The Balaban J connectivity index is 1.53. The van der Waals surface area contributed by atoms with Gasteiger partial charge in [-0.05, 0) is 42.8 Å². The molecule has 3 N–H and O–H groups in total. The number of amides is 1. The van der Waals surface area contributed by atoms with Crippen LogP contribution >= 0.6 is 0 Å². The maximum atomic E-state index is 14.0. The molecule has 0 saturated heterocycles. The molecule has 2 atom stereocenters. The van der Waals surface area contributed by atoms with Crippen LogP contribution in [0.15, 0.2) is 83.9 Å². The van der Waals surface area contributed by atoms with Crippen LogP contribution in [0.2, 0.25) is 0 Å². The van der Waals surface area contributed by atoms with E-state index in [1.54, 1.807) is 31.2 Å². The van der Waals surface area contributed by atoms with Crippen LogP contribution in [-0.4, -0.2) is 41.8 Å². The maximum absolute atomic E-state index is 14.0. The summed E-state index contributed by atoms with van der Waals surface area (Å²) < 4.78 is 38.9. The minimum atomic E-state index is -1.30. The van der Waals surface area contributed by atoms with Crippen molar-refractivity contribution >= 4 is 17.9 Å². The first-order valence-corrected chi connectivity index (χ1v) is 12.7. The molecule has 9 heteroatoms. The standard InChI is InChI=1S/C30H31F2N3O4/c1-21-30(16-5-9-22-7-3-2-4-8-22,29(37)35-33-20-24-10-13-25(31)19-27(24)32)34-28(39-21)23-11-14-26(15-12-23)38-18-6-17-36/h2-5,7-15,19,21,33,36H,6,16-18,20H2,1H3,(H,35,37)/b9-5+/t21-,30-/m0/s1. The van der Waals surface area contributed by atoms with Crippen molar-refractivity contribution in [2.24, 2.45) is 4.99 Å². The number of aliphatic hydroxyl groups excluding tert-OH is 1. The van der Waals surface area contributed by atoms with Gasteiger partial charge in [-0.15, -0.1) is 0 Å². The van der Waals surface area contributed by atoms with E-state index in [1.807, 2.05) is 42.5 Å². The second-order valence-electron chi connectivity index (χ2n) is 9.11. The Labute approximate surface area is 226 Å². The Bertz CT molecular complexity index is 1320. The first-order chi connectivity index (χ1) is 18.9. The molecule has 0 unspecified atom stereocenters. The molecule has 1 amide bonds. The van der Waals surface area contributed by atoms with Crippen LogP contribution in [-0.2, 0) is 16.1 Å². The van der Waals surface area contributed by atoms with Gasteiger partial charge < -0.3 is 14.6 Å². The zero-order valence-electron chi connectivity index (χ0n) is 21.6. The first kappa shape index (κ1) is 27.9. The van der Waals surface area contributed by atoms with Crippen LogP contribution in [0.5, 0.6) is 5.75 Å². The lowest BCUT2D eigenvalue weighted by Crippen LogP contribution is -2.54. The van der Waals surface area contributed by atoms with Gasteiger partial charge in [0.1, 0.15) is 23.5 Å². The number of nitrogens with zero attached hydrogens (tertiary/aromatic N) is 1. The van der Waals surface area contributed by atoms with Gasteiger partial charge in [0.25, 0.3) is 5.91 Å². The number of hydrogen-bond donors (Lipinski definition) is 3. The normalized spacial score (nSPS) is 18.6. The summed E-state index contributed by atoms with van der Waals surface area (Å²) in [4.78, 5) is 18.3. The molecule has 3 aromatic carbocycles. The van der Waals surface area contributed by atoms with Crippen molar-refractivity contribution in [3.05, 3.63) is 107 Å². The van der Waals surface area contributed by atoms with E-state index < -0.39 is 29.2 Å². The number of nitrogens with one attached hydrogen (secondary N) is 2. The van der Waals surface area contributed by atoms with E-state index in [-0.39, 0.29) is 25.1 Å². The molecular formula is C30H31F2N3O4. The average molecular weight is 536 g/mol. The zero-order valence-corrected chi connectivity index (χ0v) is 21.6. The van der Waals surface area contributed by atoms with Crippen molar-refractivity contribution in [1.82, 2.24) is 10.9 Å². The van der Waals surface area contributed by atoms with Crippen molar-refractivity contribution < 1.29 is 28.2 Å². The van der Waals surface area contributed by atoms with Crippen LogP contribution in [0.4, 0.5) is 8.78 Å². The monoisotopic (exact) mass is 535 g/mol. The number of hydrogen-bond acceptors (Lipinski definition) is 6. The molecule has 0 aromatic heterocycles. The molecule has 0 spiro atoms. The minimum Gasteiger partial charge on any atom is -0.494 e. The van der Waals surface area contributed by atoms with E-state index in [1.165, 1.54) is 6.07 Å². The summed E-state index contributed by atoms with van der Waals surface area (Å²) in [7, 11) is 0. The predicted octanol–water partition coefficient (Wildman–Crippen LogP) is 4.55. The summed E-state index contributed by atoms with van der Waals surface area (Å²) >= 11 is 0. The fourth-order valence-corrected chi connectivity index (χ4v) is 4.12. The molecule has 4 rings (SSSR count). The lowest BCUT2D eigenvalue weighted by molar-refractivity contribution is -0.129. The number of rotatable bonds is 12. The Morgan fingerprint density at radius 1 is 1.13 bits per heavy atom. The summed E-state index contributed by atoms with van der Waals surface area (Å²) in [6, 6.07) is 20.1. The molecule has 0 aliphatic carbocycles. The maximum Gasteiger partial charge on any atom is 0.266 e. The molecule has 1 aliphatic rings. The second kappa shape index (κ2) is 13.1. The van der Waals surface area contributed by atoms with Gasteiger partial charge in [0, 0.05) is 43.2 Å². The van der Waals surface area contributed by atoms with Crippen LogP contribution in [0.3, 0.4) is 0 Å². The Kier molecular flexibility index (Phi) is 9.40. The largest absolute Gasteiger partial charge is 0.494 e. The molecule has 0 radical (unpaired) electrons. The number of benzene rings is 3. The third kappa shape index (κ3) is 7.07. The number of hydrazine groups is 1. The number of aliphatic imine (C=N–C) groups is 1. The molecular weight excluding hydrogens is 504 g/mol.